The van der Waals surface area contributed by atoms with Crippen LogP contribution >= 0.6 is 15.9 Å². The van der Waals surface area contributed by atoms with E-state index in [9.17, 15) is 4.79 Å². The van der Waals surface area contributed by atoms with E-state index in [-0.39, 0.29) is 5.41 Å². The topological polar surface area (TPSA) is 20.3 Å². The third-order valence-electron chi connectivity index (χ3n) is 4.18. The van der Waals surface area contributed by atoms with E-state index in [1.165, 1.54) is 0 Å². The second kappa shape index (κ2) is 5.73. The first-order valence-corrected chi connectivity index (χ1v) is 7.55. The third-order valence-corrected chi connectivity index (χ3v) is 5.37. The smallest absolute Gasteiger partial charge is 0.222 e. The molecule has 0 N–H and O–H groups in total. The Morgan fingerprint density at radius 3 is 2.53 bits per heavy atom. The van der Waals surface area contributed by atoms with Gasteiger partial charge in [0.05, 0.1) is 0 Å². The Hall–Kier alpha value is -0.0500. The van der Waals surface area contributed by atoms with E-state index in [4.69, 9.17) is 0 Å². The van der Waals surface area contributed by atoms with Gasteiger partial charge >= 0.3 is 0 Å². The molecule has 100 valence electrons. The lowest BCUT2D eigenvalue weighted by molar-refractivity contribution is -0.134. The van der Waals surface area contributed by atoms with E-state index < -0.39 is 0 Å². The van der Waals surface area contributed by atoms with Crippen LogP contribution in [0.15, 0.2) is 0 Å². The van der Waals surface area contributed by atoms with Crippen molar-refractivity contribution in [2.24, 2.45) is 17.3 Å². The Morgan fingerprint density at radius 1 is 1.47 bits per heavy atom. The minimum absolute atomic E-state index is 0.215. The Kier molecular flexibility index (Phi) is 5.06. The molecular formula is C14H26BrNO. The summed E-state index contributed by atoms with van der Waals surface area (Å²) in [5.41, 5.74) is 0.215. The Morgan fingerprint density at radius 2 is 2.06 bits per heavy atom. The molecule has 1 heterocycles. The van der Waals surface area contributed by atoms with Crippen molar-refractivity contribution in [1.29, 1.82) is 0 Å². The van der Waals surface area contributed by atoms with Crippen LogP contribution in [-0.4, -0.2) is 28.7 Å². The van der Waals surface area contributed by atoms with E-state index >= 15 is 0 Å². The molecule has 0 spiro atoms. The van der Waals surface area contributed by atoms with Crippen molar-refractivity contribution in [2.75, 3.05) is 13.1 Å². The number of carbonyl (C=O) groups excluding carboxylic acids is 1. The molecule has 3 unspecified atom stereocenters. The summed E-state index contributed by atoms with van der Waals surface area (Å²) in [6.07, 6.45) is 1.79. The normalized spacial score (nSPS) is 28.0. The average molecular weight is 304 g/mol. The molecule has 0 radical (unpaired) electrons. The molecule has 0 bridgehead atoms. The summed E-state index contributed by atoms with van der Waals surface area (Å²) in [5, 5.41) is 0. The summed E-state index contributed by atoms with van der Waals surface area (Å²) in [6, 6.07) is 0. The predicted molar refractivity (Wildman–Crippen MR) is 76.3 cm³/mol. The Balaban J connectivity index is 2.49. The van der Waals surface area contributed by atoms with Gasteiger partial charge < -0.3 is 4.90 Å². The first-order chi connectivity index (χ1) is 7.71. The van der Waals surface area contributed by atoms with Crippen molar-refractivity contribution in [1.82, 2.24) is 4.90 Å². The number of rotatable bonds is 2. The fourth-order valence-corrected chi connectivity index (χ4v) is 2.56. The van der Waals surface area contributed by atoms with Crippen LogP contribution in [0.1, 0.15) is 47.5 Å². The highest BCUT2D eigenvalue weighted by molar-refractivity contribution is 9.09. The standard InChI is InChI=1S/C14H26BrNO/c1-10-6-7-16(9-12(10)15)13(17)8-11(2)14(3,4)5/h10-12H,6-9H2,1-5H3. The van der Waals surface area contributed by atoms with Crippen LogP contribution in [0.4, 0.5) is 0 Å². The second-order valence-electron chi connectivity index (χ2n) is 6.59. The average Bonchev–Trinajstić information content (AvgIpc) is 2.20. The van der Waals surface area contributed by atoms with Crippen molar-refractivity contribution in [3.63, 3.8) is 0 Å². The van der Waals surface area contributed by atoms with Crippen molar-refractivity contribution in [2.45, 2.75) is 52.3 Å². The predicted octanol–water partition coefficient (Wildman–Crippen LogP) is 3.69. The minimum atomic E-state index is 0.215. The van der Waals surface area contributed by atoms with E-state index in [0.717, 1.165) is 19.5 Å². The van der Waals surface area contributed by atoms with Crippen molar-refractivity contribution in [3.8, 4) is 0 Å². The van der Waals surface area contributed by atoms with Crippen LogP contribution in [0.25, 0.3) is 0 Å². The number of alkyl halides is 1. The summed E-state index contributed by atoms with van der Waals surface area (Å²) in [6.45, 7) is 12.8. The summed E-state index contributed by atoms with van der Waals surface area (Å²) in [7, 11) is 0. The molecule has 1 saturated heterocycles. The van der Waals surface area contributed by atoms with Crippen LogP contribution in [-0.2, 0) is 4.79 Å². The van der Waals surface area contributed by atoms with Crippen LogP contribution in [0.5, 0.6) is 0 Å². The lowest BCUT2D eigenvalue weighted by Crippen LogP contribution is -2.44. The van der Waals surface area contributed by atoms with Gasteiger partial charge in [-0.05, 0) is 23.7 Å². The maximum atomic E-state index is 12.2. The van der Waals surface area contributed by atoms with Crippen molar-refractivity contribution in [3.05, 3.63) is 0 Å². The van der Waals surface area contributed by atoms with Crippen LogP contribution in [0, 0.1) is 17.3 Å². The van der Waals surface area contributed by atoms with Gasteiger partial charge in [0.25, 0.3) is 0 Å². The fourth-order valence-electron chi connectivity index (χ4n) is 1.95. The fraction of sp³-hybridized carbons (Fsp3) is 0.929. The number of carbonyl (C=O) groups is 1. The summed E-state index contributed by atoms with van der Waals surface area (Å²) in [5.74, 6) is 1.44. The number of nitrogens with zero attached hydrogens (tertiary/aromatic N) is 1. The van der Waals surface area contributed by atoms with Crippen LogP contribution in [0.2, 0.25) is 0 Å². The van der Waals surface area contributed by atoms with Gasteiger partial charge in [0.15, 0.2) is 0 Å². The number of halogens is 1. The quantitative estimate of drug-likeness (QED) is 0.713. The molecule has 1 amide bonds. The Bertz CT molecular complexity index is 272. The molecule has 0 aliphatic carbocycles. The molecule has 2 nitrogen and oxygen atoms in total. The van der Waals surface area contributed by atoms with Crippen LogP contribution in [0.3, 0.4) is 0 Å². The molecule has 0 aromatic rings. The highest BCUT2D eigenvalue weighted by Gasteiger charge is 2.29. The maximum absolute atomic E-state index is 12.2. The number of likely N-dealkylation sites (tertiary alicyclic amines) is 1. The number of amides is 1. The van der Waals surface area contributed by atoms with Crippen molar-refractivity contribution < 1.29 is 4.79 Å². The molecule has 3 atom stereocenters. The number of piperidine rings is 1. The molecule has 1 fully saturated rings. The zero-order chi connectivity index (χ0) is 13.2. The maximum Gasteiger partial charge on any atom is 0.222 e. The first-order valence-electron chi connectivity index (χ1n) is 6.63. The molecule has 0 aromatic heterocycles. The van der Waals surface area contributed by atoms with E-state index in [1.54, 1.807) is 0 Å². The monoisotopic (exact) mass is 303 g/mol. The molecule has 0 aromatic carbocycles. The lowest BCUT2D eigenvalue weighted by atomic mass is 9.80. The molecule has 1 rings (SSSR count). The number of hydrogen-bond donors (Lipinski definition) is 0. The van der Waals surface area contributed by atoms with E-state index in [1.807, 2.05) is 4.90 Å². The summed E-state index contributed by atoms with van der Waals surface area (Å²) in [4.78, 5) is 14.7. The highest BCUT2D eigenvalue weighted by Crippen LogP contribution is 2.30. The SMILES string of the molecule is CC1CCN(C(=O)CC(C)C(C)(C)C)CC1Br. The summed E-state index contributed by atoms with van der Waals surface area (Å²) >= 11 is 3.67. The molecule has 1 aliphatic heterocycles. The van der Waals surface area contributed by atoms with Crippen molar-refractivity contribution >= 4 is 21.8 Å². The molecule has 1 aliphatic rings. The zero-order valence-corrected chi connectivity index (χ0v) is 13.4. The van der Waals surface area contributed by atoms with Gasteiger partial charge in [0, 0.05) is 24.3 Å². The molecular weight excluding hydrogens is 278 g/mol. The van der Waals surface area contributed by atoms with E-state index in [0.29, 0.717) is 29.0 Å². The van der Waals surface area contributed by atoms with Crippen LogP contribution < -0.4 is 0 Å². The zero-order valence-electron chi connectivity index (χ0n) is 11.8. The summed E-state index contributed by atoms with van der Waals surface area (Å²) < 4.78 is 0. The molecule has 17 heavy (non-hydrogen) atoms. The van der Waals surface area contributed by atoms with Gasteiger partial charge in [-0.2, -0.15) is 0 Å². The van der Waals surface area contributed by atoms with Gasteiger partial charge in [-0.3, -0.25) is 4.79 Å². The van der Waals surface area contributed by atoms with Gasteiger partial charge in [0.2, 0.25) is 5.91 Å². The minimum Gasteiger partial charge on any atom is -0.342 e. The number of hydrogen-bond acceptors (Lipinski definition) is 1. The third kappa shape index (κ3) is 4.27. The largest absolute Gasteiger partial charge is 0.342 e. The highest BCUT2D eigenvalue weighted by atomic mass is 79.9. The molecule has 3 heteroatoms. The lowest BCUT2D eigenvalue weighted by Gasteiger charge is -2.36. The van der Waals surface area contributed by atoms with E-state index in [2.05, 4.69) is 50.5 Å². The second-order valence-corrected chi connectivity index (χ2v) is 7.77. The van der Waals surface area contributed by atoms with Gasteiger partial charge in [-0.25, -0.2) is 0 Å². The van der Waals surface area contributed by atoms with Gasteiger partial charge in [-0.15, -0.1) is 0 Å². The van der Waals surface area contributed by atoms with Gasteiger partial charge in [0.1, 0.15) is 0 Å². The van der Waals surface area contributed by atoms with Gasteiger partial charge in [-0.1, -0.05) is 50.5 Å². The Labute approximate surface area is 114 Å². The first kappa shape index (κ1) is 15.0. The molecule has 0 saturated carbocycles.